The van der Waals surface area contributed by atoms with Gasteiger partial charge in [0.05, 0.1) is 0 Å². The highest BCUT2D eigenvalue weighted by atomic mass is 16.4. The van der Waals surface area contributed by atoms with Gasteiger partial charge in [-0.2, -0.15) is 0 Å². The van der Waals surface area contributed by atoms with Crippen LogP contribution in [0.25, 0.3) is 0 Å². The number of carboxylic acid groups (broad SMARTS) is 2. The highest BCUT2D eigenvalue weighted by Crippen LogP contribution is 2.12. The first-order valence-corrected chi connectivity index (χ1v) is 6.52. The van der Waals surface area contributed by atoms with Gasteiger partial charge in [-0.15, -0.1) is 0 Å². The molecule has 0 spiro atoms. The van der Waals surface area contributed by atoms with Crippen LogP contribution in [0.1, 0.15) is 30.9 Å². The van der Waals surface area contributed by atoms with Crippen LogP contribution in [0.5, 0.6) is 0 Å². The number of rotatable bonds is 9. The lowest BCUT2D eigenvalue weighted by Gasteiger charge is -2.15. The molecule has 1 aromatic carbocycles. The van der Waals surface area contributed by atoms with Crippen molar-refractivity contribution in [1.82, 2.24) is 5.32 Å². The van der Waals surface area contributed by atoms with Crippen LogP contribution in [0.2, 0.25) is 0 Å². The Morgan fingerprint density at radius 1 is 1.10 bits per heavy atom. The monoisotopic (exact) mass is 280 g/mol. The Labute approximate surface area is 117 Å². The number of carboxylic acids is 2. The van der Waals surface area contributed by atoms with E-state index in [2.05, 4.69) is 5.32 Å². The molecule has 0 saturated carbocycles. The predicted octanol–water partition coefficient (Wildman–Crippen LogP) is 0.984. The molecule has 0 aliphatic rings. The van der Waals surface area contributed by atoms with E-state index in [1.54, 1.807) is 24.3 Å². The molecule has 0 aliphatic heterocycles. The molecule has 110 valence electrons. The lowest BCUT2D eigenvalue weighted by atomic mass is 10.1. The Morgan fingerprint density at radius 2 is 1.75 bits per heavy atom. The molecule has 1 aromatic rings. The number of nitrogens with two attached hydrogens (primary N) is 1. The molecule has 0 amide bonds. The van der Waals surface area contributed by atoms with E-state index in [1.165, 1.54) is 0 Å². The molecule has 0 aromatic heterocycles. The fraction of sp³-hybridized carbons (Fsp3) is 0.429. The number of hydrogen-bond donors (Lipinski definition) is 4. The summed E-state index contributed by atoms with van der Waals surface area (Å²) in [7, 11) is 0. The van der Waals surface area contributed by atoms with Gasteiger partial charge in [-0.3, -0.25) is 9.59 Å². The quantitative estimate of drug-likeness (QED) is 0.502. The third kappa shape index (κ3) is 5.38. The number of benzene rings is 1. The SMILES string of the molecule is N[C@@H](CCCCNC(C(=O)O)c1ccccc1)C(=O)O. The first kappa shape index (κ1) is 16.1. The van der Waals surface area contributed by atoms with Crippen LogP contribution < -0.4 is 11.1 Å². The Bertz CT molecular complexity index is 436. The Hall–Kier alpha value is -1.92. The van der Waals surface area contributed by atoms with Gasteiger partial charge in [0.25, 0.3) is 0 Å². The molecule has 5 N–H and O–H groups in total. The zero-order valence-corrected chi connectivity index (χ0v) is 11.2. The average molecular weight is 280 g/mol. The number of aliphatic carboxylic acids is 2. The Balaban J connectivity index is 2.35. The van der Waals surface area contributed by atoms with Gasteiger partial charge in [-0.1, -0.05) is 36.8 Å². The van der Waals surface area contributed by atoms with E-state index >= 15 is 0 Å². The van der Waals surface area contributed by atoms with Crippen LogP contribution in [0, 0.1) is 0 Å². The standard InChI is InChI=1S/C14H20N2O4/c15-11(13(17)18)8-4-5-9-16-12(14(19)20)10-6-2-1-3-7-10/h1-3,6-7,11-12,16H,4-5,8-9,15H2,(H,17,18)(H,19,20)/t11-,12?/m0/s1. The molecule has 20 heavy (non-hydrogen) atoms. The summed E-state index contributed by atoms with van der Waals surface area (Å²) in [5.41, 5.74) is 6.08. The summed E-state index contributed by atoms with van der Waals surface area (Å²) in [5, 5.41) is 20.8. The molecule has 1 rings (SSSR count). The second-order valence-electron chi connectivity index (χ2n) is 4.58. The molecular weight excluding hydrogens is 260 g/mol. The van der Waals surface area contributed by atoms with Crippen LogP contribution >= 0.6 is 0 Å². The summed E-state index contributed by atoms with van der Waals surface area (Å²) in [6.45, 7) is 0.498. The minimum absolute atomic E-state index is 0.389. The van der Waals surface area contributed by atoms with Crippen molar-refractivity contribution < 1.29 is 19.8 Å². The summed E-state index contributed by atoms with van der Waals surface area (Å²) in [6, 6.07) is 7.33. The van der Waals surface area contributed by atoms with Gasteiger partial charge in [0, 0.05) is 0 Å². The van der Waals surface area contributed by atoms with E-state index < -0.39 is 24.0 Å². The van der Waals surface area contributed by atoms with E-state index in [4.69, 9.17) is 10.8 Å². The van der Waals surface area contributed by atoms with Crippen LogP contribution in [-0.4, -0.2) is 34.7 Å². The van der Waals surface area contributed by atoms with Crippen molar-refractivity contribution in [2.75, 3.05) is 6.54 Å². The molecular formula is C14H20N2O4. The third-order valence-corrected chi connectivity index (χ3v) is 2.99. The molecule has 0 radical (unpaired) electrons. The zero-order valence-electron chi connectivity index (χ0n) is 11.2. The van der Waals surface area contributed by atoms with Gasteiger partial charge >= 0.3 is 11.9 Å². The highest BCUT2D eigenvalue weighted by Gasteiger charge is 2.18. The van der Waals surface area contributed by atoms with Gasteiger partial charge in [-0.25, -0.2) is 0 Å². The summed E-state index contributed by atoms with van der Waals surface area (Å²) >= 11 is 0. The lowest BCUT2D eigenvalue weighted by molar-refractivity contribution is -0.140. The third-order valence-electron chi connectivity index (χ3n) is 2.99. The number of hydrogen-bond acceptors (Lipinski definition) is 4. The van der Waals surface area contributed by atoms with E-state index in [1.807, 2.05) is 6.07 Å². The van der Waals surface area contributed by atoms with Crippen molar-refractivity contribution in [3.63, 3.8) is 0 Å². The minimum Gasteiger partial charge on any atom is -0.480 e. The minimum atomic E-state index is -1.01. The van der Waals surface area contributed by atoms with Crippen molar-refractivity contribution in [2.24, 2.45) is 5.73 Å². The second kappa shape index (κ2) is 8.29. The van der Waals surface area contributed by atoms with Gasteiger partial charge in [0.1, 0.15) is 12.1 Å². The maximum absolute atomic E-state index is 11.2. The smallest absolute Gasteiger partial charge is 0.325 e. The highest BCUT2D eigenvalue weighted by molar-refractivity contribution is 5.75. The van der Waals surface area contributed by atoms with Gasteiger partial charge in [0.15, 0.2) is 0 Å². The van der Waals surface area contributed by atoms with Gasteiger partial charge in [0.2, 0.25) is 0 Å². The maximum Gasteiger partial charge on any atom is 0.325 e. The summed E-state index contributed by atoms with van der Waals surface area (Å²) in [5.74, 6) is -1.94. The van der Waals surface area contributed by atoms with E-state index in [0.29, 0.717) is 31.4 Å². The van der Waals surface area contributed by atoms with Gasteiger partial charge in [-0.05, 0) is 24.9 Å². The topological polar surface area (TPSA) is 113 Å². The van der Waals surface area contributed by atoms with Crippen LogP contribution in [0.3, 0.4) is 0 Å². The van der Waals surface area contributed by atoms with Crippen molar-refractivity contribution in [1.29, 1.82) is 0 Å². The van der Waals surface area contributed by atoms with E-state index in [0.717, 1.165) is 0 Å². The van der Waals surface area contributed by atoms with Crippen molar-refractivity contribution in [3.8, 4) is 0 Å². The molecule has 2 atom stereocenters. The molecule has 6 nitrogen and oxygen atoms in total. The number of carbonyl (C=O) groups is 2. The van der Waals surface area contributed by atoms with Crippen molar-refractivity contribution >= 4 is 11.9 Å². The Morgan fingerprint density at radius 3 is 2.30 bits per heavy atom. The summed E-state index contributed by atoms with van der Waals surface area (Å²) in [6.07, 6.45) is 1.71. The lowest BCUT2D eigenvalue weighted by Crippen LogP contribution is -2.31. The Kier molecular flexibility index (Phi) is 6.69. The van der Waals surface area contributed by atoms with E-state index in [9.17, 15) is 14.7 Å². The first-order valence-electron chi connectivity index (χ1n) is 6.52. The summed E-state index contributed by atoms with van der Waals surface area (Å²) < 4.78 is 0. The number of unbranched alkanes of at least 4 members (excludes halogenated alkanes) is 1. The van der Waals surface area contributed by atoms with Crippen molar-refractivity contribution in [3.05, 3.63) is 35.9 Å². The molecule has 0 fully saturated rings. The first-order chi connectivity index (χ1) is 9.52. The molecule has 0 aliphatic carbocycles. The zero-order chi connectivity index (χ0) is 15.0. The molecule has 6 heteroatoms. The van der Waals surface area contributed by atoms with Crippen LogP contribution in [0.4, 0.5) is 0 Å². The number of nitrogens with one attached hydrogen (secondary N) is 1. The molecule has 0 bridgehead atoms. The summed E-state index contributed by atoms with van der Waals surface area (Å²) in [4.78, 5) is 21.7. The van der Waals surface area contributed by atoms with E-state index in [-0.39, 0.29) is 0 Å². The maximum atomic E-state index is 11.2. The largest absolute Gasteiger partial charge is 0.480 e. The van der Waals surface area contributed by atoms with Gasteiger partial charge < -0.3 is 21.3 Å². The molecule has 0 heterocycles. The van der Waals surface area contributed by atoms with Crippen molar-refractivity contribution in [2.45, 2.75) is 31.3 Å². The second-order valence-corrected chi connectivity index (χ2v) is 4.58. The predicted molar refractivity (Wildman–Crippen MR) is 74.3 cm³/mol. The molecule has 0 saturated heterocycles. The fourth-order valence-corrected chi connectivity index (χ4v) is 1.85. The average Bonchev–Trinajstić information content (AvgIpc) is 2.42. The normalized spacial score (nSPS) is 13.7. The fourth-order valence-electron chi connectivity index (χ4n) is 1.85. The molecule has 1 unspecified atom stereocenters. The van der Waals surface area contributed by atoms with Crippen LogP contribution in [-0.2, 0) is 9.59 Å². The van der Waals surface area contributed by atoms with Crippen LogP contribution in [0.15, 0.2) is 30.3 Å².